The topological polar surface area (TPSA) is 93.1 Å². The van der Waals surface area contributed by atoms with Crippen LogP contribution in [0.3, 0.4) is 0 Å². The van der Waals surface area contributed by atoms with Crippen molar-refractivity contribution >= 4 is 23.2 Å². The van der Waals surface area contributed by atoms with Crippen LogP contribution in [0.4, 0.5) is 0 Å². The minimum absolute atomic E-state index is 0.00565. The van der Waals surface area contributed by atoms with E-state index in [1.807, 2.05) is 35.7 Å². The third-order valence-corrected chi connectivity index (χ3v) is 7.25. The van der Waals surface area contributed by atoms with E-state index in [9.17, 15) is 14.4 Å². The Labute approximate surface area is 209 Å². The van der Waals surface area contributed by atoms with Crippen LogP contribution in [0, 0.1) is 0 Å². The first-order valence-electron chi connectivity index (χ1n) is 12.4. The Morgan fingerprint density at radius 2 is 1.71 bits per heavy atom. The smallest absolute Gasteiger partial charge is 0.256 e. The van der Waals surface area contributed by atoms with Gasteiger partial charge in [0.2, 0.25) is 5.43 Å². The minimum atomic E-state index is -0.542. The van der Waals surface area contributed by atoms with Gasteiger partial charge in [0.15, 0.2) is 0 Å². The highest BCUT2D eigenvalue weighted by atomic mass is 32.1. The van der Waals surface area contributed by atoms with Crippen molar-refractivity contribution in [2.24, 2.45) is 0 Å². The van der Waals surface area contributed by atoms with Crippen molar-refractivity contribution in [3.8, 4) is 0 Å². The molecule has 1 fully saturated rings. The summed E-state index contributed by atoms with van der Waals surface area (Å²) >= 11 is 1.63. The number of amides is 2. The summed E-state index contributed by atoms with van der Waals surface area (Å²) in [4.78, 5) is 44.9. The fraction of sp³-hybridized carbons (Fsp3) is 0.407. The molecule has 0 radical (unpaired) electrons. The number of carbonyl (C=O) groups is 2. The first-order valence-corrected chi connectivity index (χ1v) is 13.2. The average Bonchev–Trinajstić information content (AvgIpc) is 3.36. The van der Waals surface area contributed by atoms with Crippen molar-refractivity contribution in [3.05, 3.63) is 86.2 Å². The lowest BCUT2D eigenvalue weighted by Crippen LogP contribution is -2.40. The Bertz CT molecular complexity index is 1170. The molecule has 3 aromatic heterocycles. The lowest BCUT2D eigenvalue weighted by Gasteiger charge is -2.21. The molecule has 2 N–H and O–H groups in total. The molecule has 7 nitrogen and oxygen atoms in total. The second-order valence-corrected chi connectivity index (χ2v) is 10.0. The molecule has 1 saturated carbocycles. The van der Waals surface area contributed by atoms with Gasteiger partial charge in [0.1, 0.15) is 11.1 Å². The van der Waals surface area contributed by atoms with Gasteiger partial charge in [-0.1, -0.05) is 44.2 Å². The number of hydrogen-bond acceptors (Lipinski definition) is 5. The molecule has 184 valence electrons. The molecule has 4 rings (SSSR count). The van der Waals surface area contributed by atoms with E-state index in [1.54, 1.807) is 22.1 Å². The minimum Gasteiger partial charge on any atom is -0.352 e. The van der Waals surface area contributed by atoms with Crippen LogP contribution in [0.15, 0.2) is 59.1 Å². The highest BCUT2D eigenvalue weighted by Gasteiger charge is 2.22. The molecule has 3 heterocycles. The van der Waals surface area contributed by atoms with E-state index >= 15 is 0 Å². The summed E-state index contributed by atoms with van der Waals surface area (Å²) in [7, 11) is 0. The number of aromatic nitrogens is 2. The molecular weight excluding hydrogens is 460 g/mol. The zero-order chi connectivity index (χ0) is 24.5. The van der Waals surface area contributed by atoms with Crippen molar-refractivity contribution in [2.45, 2.75) is 64.0 Å². The molecule has 0 bridgehead atoms. The van der Waals surface area contributed by atoms with E-state index < -0.39 is 17.2 Å². The van der Waals surface area contributed by atoms with Crippen LogP contribution in [0.1, 0.15) is 76.2 Å². The maximum Gasteiger partial charge on any atom is 0.256 e. The fourth-order valence-electron chi connectivity index (χ4n) is 4.44. The molecular formula is C27H32N4O3S. The van der Waals surface area contributed by atoms with Crippen molar-refractivity contribution in [1.29, 1.82) is 0 Å². The average molecular weight is 493 g/mol. The molecule has 3 aromatic rings. The summed E-state index contributed by atoms with van der Waals surface area (Å²) < 4.78 is 1.70. The van der Waals surface area contributed by atoms with E-state index in [-0.39, 0.29) is 17.2 Å². The quantitative estimate of drug-likeness (QED) is 0.494. The SMILES string of the molecule is O=C(NCCc1cccs1)c1cn(Cc2ccccn2)cc(C(=O)NC2CCCCCCC2)c1=O. The van der Waals surface area contributed by atoms with Crippen molar-refractivity contribution in [1.82, 2.24) is 20.2 Å². The van der Waals surface area contributed by atoms with Gasteiger partial charge in [0.05, 0.1) is 12.2 Å². The van der Waals surface area contributed by atoms with Gasteiger partial charge in [-0.2, -0.15) is 0 Å². The van der Waals surface area contributed by atoms with Crippen LogP contribution < -0.4 is 16.1 Å². The molecule has 35 heavy (non-hydrogen) atoms. The van der Waals surface area contributed by atoms with Gasteiger partial charge in [0, 0.05) is 36.1 Å². The van der Waals surface area contributed by atoms with Gasteiger partial charge in [0.25, 0.3) is 11.8 Å². The second kappa shape index (κ2) is 12.4. The third-order valence-electron chi connectivity index (χ3n) is 6.32. The van der Waals surface area contributed by atoms with Crippen LogP contribution in [-0.4, -0.2) is 34.0 Å². The highest BCUT2D eigenvalue weighted by Crippen LogP contribution is 2.17. The zero-order valence-corrected chi connectivity index (χ0v) is 20.7. The van der Waals surface area contributed by atoms with E-state index in [1.165, 1.54) is 31.7 Å². The van der Waals surface area contributed by atoms with E-state index in [0.29, 0.717) is 19.5 Å². The Morgan fingerprint density at radius 3 is 2.40 bits per heavy atom. The summed E-state index contributed by atoms with van der Waals surface area (Å²) in [5.41, 5.74) is 0.192. The van der Waals surface area contributed by atoms with Crippen molar-refractivity contribution < 1.29 is 9.59 Å². The van der Waals surface area contributed by atoms with Gasteiger partial charge in [-0.05, 0) is 42.8 Å². The van der Waals surface area contributed by atoms with Crippen LogP contribution >= 0.6 is 11.3 Å². The van der Waals surface area contributed by atoms with Crippen LogP contribution in [-0.2, 0) is 13.0 Å². The van der Waals surface area contributed by atoms with Gasteiger partial charge in [-0.15, -0.1) is 11.3 Å². The molecule has 0 aliphatic heterocycles. The molecule has 8 heteroatoms. The molecule has 1 aliphatic rings. The molecule has 0 spiro atoms. The standard InChI is InChI=1S/C27H32N4O3S/c32-25-23(26(33)29-15-13-22-12-8-16-35-22)18-31(17-21-11-6-7-14-28-21)19-24(25)27(34)30-20-9-4-2-1-3-5-10-20/h6-8,11-12,14,16,18-20H,1-5,9-10,13,15,17H2,(H,29,33)(H,30,34). The lowest BCUT2D eigenvalue weighted by molar-refractivity contribution is 0.0928. The normalized spacial score (nSPS) is 14.6. The number of hydrogen-bond donors (Lipinski definition) is 2. The maximum absolute atomic E-state index is 13.3. The van der Waals surface area contributed by atoms with Gasteiger partial charge in [-0.3, -0.25) is 19.4 Å². The molecule has 0 saturated heterocycles. The number of carbonyl (C=O) groups excluding carboxylic acids is 2. The summed E-state index contributed by atoms with van der Waals surface area (Å²) in [6.07, 6.45) is 13.0. The van der Waals surface area contributed by atoms with E-state index in [0.717, 1.165) is 36.3 Å². The summed E-state index contributed by atoms with van der Waals surface area (Å²) in [5, 5.41) is 7.90. The van der Waals surface area contributed by atoms with Crippen LogP contribution in [0.2, 0.25) is 0 Å². The van der Waals surface area contributed by atoms with Crippen molar-refractivity contribution in [2.75, 3.05) is 6.54 Å². The maximum atomic E-state index is 13.3. The monoisotopic (exact) mass is 492 g/mol. The first kappa shape index (κ1) is 24.9. The largest absolute Gasteiger partial charge is 0.352 e. The third kappa shape index (κ3) is 7.11. The summed E-state index contributed by atoms with van der Waals surface area (Å²) in [6, 6.07) is 9.61. The van der Waals surface area contributed by atoms with Gasteiger partial charge >= 0.3 is 0 Å². The highest BCUT2D eigenvalue weighted by molar-refractivity contribution is 7.09. The number of nitrogens with one attached hydrogen (secondary N) is 2. The Kier molecular flexibility index (Phi) is 8.84. The van der Waals surface area contributed by atoms with Gasteiger partial charge in [-0.25, -0.2) is 0 Å². The molecule has 1 aliphatic carbocycles. The lowest BCUT2D eigenvalue weighted by atomic mass is 9.96. The predicted octanol–water partition coefficient (Wildman–Crippen LogP) is 4.17. The fourth-order valence-corrected chi connectivity index (χ4v) is 5.15. The molecule has 0 atom stereocenters. The van der Waals surface area contributed by atoms with Gasteiger partial charge < -0.3 is 15.2 Å². The van der Waals surface area contributed by atoms with Crippen molar-refractivity contribution in [3.63, 3.8) is 0 Å². The molecule has 0 aromatic carbocycles. The van der Waals surface area contributed by atoms with E-state index in [4.69, 9.17) is 0 Å². The predicted molar refractivity (Wildman–Crippen MR) is 138 cm³/mol. The number of pyridine rings is 2. The second-order valence-electron chi connectivity index (χ2n) is 9.01. The summed E-state index contributed by atoms with van der Waals surface area (Å²) in [6.45, 7) is 0.762. The van der Waals surface area contributed by atoms with Crippen LogP contribution in [0.25, 0.3) is 0 Å². The zero-order valence-electron chi connectivity index (χ0n) is 19.9. The number of thiophene rings is 1. The van der Waals surface area contributed by atoms with Crippen LogP contribution in [0.5, 0.6) is 0 Å². The van der Waals surface area contributed by atoms with E-state index in [2.05, 4.69) is 15.6 Å². The Morgan fingerprint density at radius 1 is 0.971 bits per heavy atom. The Hall–Kier alpha value is -3.26. The summed E-state index contributed by atoms with van der Waals surface area (Å²) in [5.74, 6) is -0.884. The number of nitrogens with zero attached hydrogens (tertiary/aromatic N) is 2. The number of rotatable bonds is 8. The molecule has 0 unspecified atom stereocenters. The molecule has 2 amide bonds. The first-order chi connectivity index (χ1) is 17.1. The Balaban J connectivity index is 1.55.